The fourth-order valence-electron chi connectivity index (χ4n) is 12.4. The van der Waals surface area contributed by atoms with Crippen LogP contribution >= 0.6 is 0 Å². The molecule has 5 aliphatic rings. The molecule has 0 radical (unpaired) electrons. The number of allylic oxidation sites excluding steroid dienone is 1. The van der Waals surface area contributed by atoms with Crippen molar-refractivity contribution in [2.75, 3.05) is 6.61 Å². The van der Waals surface area contributed by atoms with E-state index >= 15 is 0 Å². The minimum absolute atomic E-state index is 0.00678. The lowest BCUT2D eigenvalue weighted by atomic mass is 9.32. The average Bonchev–Trinajstić information content (AvgIpc) is 3.28. The smallest absolute Gasteiger partial charge is 0.306 e. The number of rotatable bonds is 7. The molecule has 0 bridgehead atoms. The molecule has 0 aliphatic heterocycles. The maximum atomic E-state index is 12.5. The number of hydrogen-bond acceptors (Lipinski definition) is 5. The van der Waals surface area contributed by atoms with E-state index in [1.165, 1.54) is 31.3 Å². The van der Waals surface area contributed by atoms with Gasteiger partial charge in [-0.1, -0.05) is 46.8 Å². The number of aliphatic carboxylic acids is 1. The highest BCUT2D eigenvalue weighted by molar-refractivity contribution is 5.76. The van der Waals surface area contributed by atoms with Gasteiger partial charge in [0.05, 0.1) is 19.4 Å². The van der Waals surface area contributed by atoms with Crippen molar-refractivity contribution in [3.63, 3.8) is 0 Å². The molecule has 0 saturated heterocycles. The molecular formula is C36H56O6. The Hall–Kier alpha value is -1.85. The van der Waals surface area contributed by atoms with Gasteiger partial charge in [-0.25, -0.2) is 0 Å². The lowest BCUT2D eigenvalue weighted by Crippen LogP contribution is -2.67. The summed E-state index contributed by atoms with van der Waals surface area (Å²) in [4.78, 5) is 35.5. The van der Waals surface area contributed by atoms with E-state index in [1.807, 2.05) is 0 Å². The van der Waals surface area contributed by atoms with Crippen LogP contribution in [0.2, 0.25) is 0 Å². The van der Waals surface area contributed by atoms with Gasteiger partial charge in [-0.05, 0) is 117 Å². The predicted octanol–water partition coefficient (Wildman–Crippen LogP) is 7.98. The van der Waals surface area contributed by atoms with Crippen LogP contribution in [0, 0.1) is 56.7 Å². The molecule has 10 atom stereocenters. The second kappa shape index (κ2) is 10.6. The summed E-state index contributed by atoms with van der Waals surface area (Å²) in [5, 5.41) is 9.03. The third kappa shape index (κ3) is 4.67. The van der Waals surface area contributed by atoms with E-state index < -0.39 is 5.97 Å². The Labute approximate surface area is 253 Å². The van der Waals surface area contributed by atoms with Crippen LogP contribution in [-0.2, 0) is 23.9 Å². The van der Waals surface area contributed by atoms with Gasteiger partial charge in [0.15, 0.2) is 0 Å². The summed E-state index contributed by atoms with van der Waals surface area (Å²) in [5.41, 5.74) is 1.82. The second-order valence-corrected chi connectivity index (χ2v) is 16.6. The summed E-state index contributed by atoms with van der Waals surface area (Å²) in [6, 6.07) is 0. The van der Waals surface area contributed by atoms with Crippen molar-refractivity contribution in [2.24, 2.45) is 56.7 Å². The molecular weight excluding hydrogens is 528 g/mol. The van der Waals surface area contributed by atoms with Gasteiger partial charge < -0.3 is 14.6 Å². The summed E-state index contributed by atoms with van der Waals surface area (Å²) < 4.78 is 11.8. The van der Waals surface area contributed by atoms with E-state index in [4.69, 9.17) is 14.6 Å². The number of carbonyl (C=O) groups excluding carboxylic acids is 2. The normalized spacial score (nSPS) is 45.4. The van der Waals surface area contributed by atoms with Crippen LogP contribution in [-0.4, -0.2) is 35.7 Å². The lowest BCUT2D eigenvalue weighted by Gasteiger charge is -2.73. The van der Waals surface area contributed by atoms with Gasteiger partial charge in [-0.3, -0.25) is 14.4 Å². The minimum atomic E-state index is -0.962. The van der Waals surface area contributed by atoms with E-state index in [1.54, 1.807) is 6.92 Å². The molecule has 6 heteroatoms. The molecule has 42 heavy (non-hydrogen) atoms. The van der Waals surface area contributed by atoms with Crippen molar-refractivity contribution in [1.82, 2.24) is 0 Å². The van der Waals surface area contributed by atoms with Gasteiger partial charge in [0.1, 0.15) is 6.10 Å². The average molecular weight is 585 g/mol. The first-order valence-electron chi connectivity index (χ1n) is 16.7. The standard InChI is InChI=1S/C36H56O6/c1-22(2)24-13-18-36(21-41-30(40)12-11-29(38)39)20-19-34(7)25(31(24)36)9-10-27-33(6)16-15-28(42-23(3)37)32(4,5)26(33)14-17-35(27,34)8/h24-28,31H,1,9-21H2,2-8H3,(H,38,39)/t24-,25+,26-,27+,28-,31-,33-,34+,35+,36+/m0/s1. The van der Waals surface area contributed by atoms with Gasteiger partial charge in [0.25, 0.3) is 0 Å². The number of ether oxygens (including phenoxy) is 2. The van der Waals surface area contributed by atoms with E-state index in [0.29, 0.717) is 36.2 Å². The zero-order valence-corrected chi connectivity index (χ0v) is 27.4. The zero-order chi connectivity index (χ0) is 30.9. The first kappa shape index (κ1) is 31.6. The zero-order valence-electron chi connectivity index (χ0n) is 27.4. The van der Waals surface area contributed by atoms with Crippen LogP contribution in [0.25, 0.3) is 0 Å². The topological polar surface area (TPSA) is 89.9 Å². The molecule has 0 amide bonds. The third-order valence-electron chi connectivity index (χ3n) is 14.6. The van der Waals surface area contributed by atoms with Gasteiger partial charge in [0, 0.05) is 17.8 Å². The molecule has 0 unspecified atom stereocenters. The van der Waals surface area contributed by atoms with Crippen LogP contribution in [0.5, 0.6) is 0 Å². The van der Waals surface area contributed by atoms with Crippen molar-refractivity contribution in [3.05, 3.63) is 12.2 Å². The first-order valence-corrected chi connectivity index (χ1v) is 16.7. The number of carboxylic acid groups (broad SMARTS) is 1. The fraction of sp³-hybridized carbons (Fsp3) is 0.861. The quantitative estimate of drug-likeness (QED) is 0.241. The van der Waals surface area contributed by atoms with Crippen LogP contribution in [0.4, 0.5) is 0 Å². The Morgan fingerprint density at radius 3 is 2.17 bits per heavy atom. The molecule has 6 nitrogen and oxygen atoms in total. The fourth-order valence-corrected chi connectivity index (χ4v) is 12.4. The van der Waals surface area contributed by atoms with Crippen molar-refractivity contribution < 1.29 is 29.0 Å². The summed E-state index contributed by atoms with van der Waals surface area (Å²) >= 11 is 0. The molecule has 0 aromatic carbocycles. The molecule has 5 rings (SSSR count). The van der Waals surface area contributed by atoms with Crippen LogP contribution < -0.4 is 0 Å². The number of hydrogen-bond donors (Lipinski definition) is 1. The van der Waals surface area contributed by atoms with Crippen molar-refractivity contribution >= 4 is 17.9 Å². The highest BCUT2D eigenvalue weighted by atomic mass is 16.5. The Morgan fingerprint density at radius 2 is 1.52 bits per heavy atom. The molecule has 5 fully saturated rings. The predicted molar refractivity (Wildman–Crippen MR) is 162 cm³/mol. The number of carbonyl (C=O) groups is 3. The van der Waals surface area contributed by atoms with Gasteiger partial charge in [-0.2, -0.15) is 0 Å². The molecule has 1 N–H and O–H groups in total. The molecule has 0 aromatic rings. The first-order chi connectivity index (χ1) is 19.5. The number of carboxylic acids is 1. The van der Waals surface area contributed by atoms with Gasteiger partial charge >= 0.3 is 17.9 Å². The second-order valence-electron chi connectivity index (χ2n) is 16.6. The summed E-state index contributed by atoms with van der Waals surface area (Å²) in [5.74, 6) is 1.10. The Bertz CT molecular complexity index is 1130. The van der Waals surface area contributed by atoms with Crippen LogP contribution in [0.1, 0.15) is 126 Å². The van der Waals surface area contributed by atoms with Crippen molar-refractivity contribution in [3.8, 4) is 0 Å². The van der Waals surface area contributed by atoms with E-state index in [-0.39, 0.29) is 58.0 Å². The highest BCUT2D eigenvalue weighted by Crippen LogP contribution is 2.77. The minimum Gasteiger partial charge on any atom is -0.481 e. The lowest BCUT2D eigenvalue weighted by molar-refractivity contribution is -0.252. The molecule has 236 valence electrons. The monoisotopic (exact) mass is 584 g/mol. The summed E-state index contributed by atoms with van der Waals surface area (Å²) in [6.07, 6.45) is 11.0. The van der Waals surface area contributed by atoms with Crippen LogP contribution in [0.3, 0.4) is 0 Å². The Balaban J connectivity index is 1.43. The van der Waals surface area contributed by atoms with Gasteiger partial charge in [0.2, 0.25) is 0 Å². The van der Waals surface area contributed by atoms with Crippen molar-refractivity contribution in [1.29, 1.82) is 0 Å². The molecule has 0 heterocycles. The third-order valence-corrected chi connectivity index (χ3v) is 14.6. The Kier molecular flexibility index (Phi) is 8.00. The van der Waals surface area contributed by atoms with E-state index in [9.17, 15) is 14.4 Å². The number of fused-ring (bicyclic) bond motifs is 7. The maximum Gasteiger partial charge on any atom is 0.306 e. The SMILES string of the molecule is C=C(C)[C@@H]1CC[C@]2(COC(=O)CCC(=O)O)CC[C@]3(C)[C@H](CC[C@@H]4[C@@]5(C)CC[C@H](OC(C)=O)C(C)(C)[C@@H]5CC[C@]43C)[C@H]12. The Morgan fingerprint density at radius 1 is 0.810 bits per heavy atom. The largest absolute Gasteiger partial charge is 0.481 e. The van der Waals surface area contributed by atoms with Crippen LogP contribution in [0.15, 0.2) is 12.2 Å². The molecule has 5 aliphatic carbocycles. The molecule has 0 aromatic heterocycles. The number of esters is 2. The van der Waals surface area contributed by atoms with E-state index in [0.717, 1.165) is 38.5 Å². The summed E-state index contributed by atoms with van der Waals surface area (Å²) in [7, 11) is 0. The van der Waals surface area contributed by atoms with Crippen molar-refractivity contribution in [2.45, 2.75) is 132 Å². The van der Waals surface area contributed by atoms with Gasteiger partial charge in [-0.15, -0.1) is 0 Å². The molecule has 5 saturated carbocycles. The highest BCUT2D eigenvalue weighted by Gasteiger charge is 2.71. The molecule has 0 spiro atoms. The summed E-state index contributed by atoms with van der Waals surface area (Å²) in [6.45, 7) is 21.1. The maximum absolute atomic E-state index is 12.5. The van der Waals surface area contributed by atoms with E-state index in [2.05, 4.69) is 48.1 Å².